The Bertz CT molecular complexity index is 1370. The lowest BCUT2D eigenvalue weighted by Gasteiger charge is -2.33. The van der Waals surface area contributed by atoms with Gasteiger partial charge in [0.2, 0.25) is 0 Å². The van der Waals surface area contributed by atoms with Gasteiger partial charge >= 0.3 is 12.0 Å². The molecule has 3 aromatic rings. The van der Waals surface area contributed by atoms with Crippen LogP contribution < -0.4 is 4.90 Å². The van der Waals surface area contributed by atoms with E-state index < -0.39 is 27.7 Å². The number of nitrogens with zero attached hydrogens (tertiary/aromatic N) is 4. The van der Waals surface area contributed by atoms with Crippen molar-refractivity contribution in [3.8, 4) is 0 Å². The van der Waals surface area contributed by atoms with Crippen LogP contribution in [0.1, 0.15) is 35.8 Å². The molecule has 2 aromatic carbocycles. The highest BCUT2D eigenvalue weighted by molar-refractivity contribution is 7.91. The summed E-state index contributed by atoms with van der Waals surface area (Å²) in [5, 5.41) is 5.31. The first-order valence-corrected chi connectivity index (χ1v) is 13.0. The average Bonchev–Trinajstić information content (AvgIpc) is 3.26. The maximum absolute atomic E-state index is 15.0. The van der Waals surface area contributed by atoms with Crippen molar-refractivity contribution in [3.63, 3.8) is 0 Å². The SMILES string of the molecule is COC(=O)c1ccc(CN(C(=O)N2CCS(=O)(=O)CC2)c2ccc3cnn(C(C)C)c3c2)c(F)c1. The summed E-state index contributed by atoms with van der Waals surface area (Å²) in [6.07, 6.45) is 1.74. The van der Waals surface area contributed by atoms with E-state index in [1.807, 2.05) is 30.7 Å². The predicted octanol–water partition coefficient (Wildman–Crippen LogP) is 3.40. The first-order valence-electron chi connectivity index (χ1n) is 11.2. The van der Waals surface area contributed by atoms with Crippen LogP contribution in [0.25, 0.3) is 10.9 Å². The van der Waals surface area contributed by atoms with E-state index in [4.69, 9.17) is 0 Å². The summed E-state index contributed by atoms with van der Waals surface area (Å²) in [6.45, 7) is 4.00. The van der Waals surface area contributed by atoms with Gasteiger partial charge in [-0.25, -0.2) is 22.4 Å². The first-order chi connectivity index (χ1) is 16.6. The summed E-state index contributed by atoms with van der Waals surface area (Å²) in [7, 11) is -1.97. The van der Waals surface area contributed by atoms with Gasteiger partial charge in [0.25, 0.3) is 0 Å². The molecule has 1 aliphatic rings. The minimum atomic E-state index is -3.18. The molecular formula is C24H27FN4O5S. The van der Waals surface area contributed by atoms with Crippen molar-refractivity contribution in [3.05, 3.63) is 59.5 Å². The fourth-order valence-corrected chi connectivity index (χ4v) is 5.24. The second-order valence-corrected chi connectivity index (χ2v) is 11.0. The number of halogens is 1. The molecule has 2 heterocycles. The van der Waals surface area contributed by atoms with E-state index in [1.54, 1.807) is 12.3 Å². The molecular weight excluding hydrogens is 475 g/mol. The molecule has 4 rings (SSSR count). The molecule has 0 aliphatic carbocycles. The normalized spacial score (nSPS) is 15.4. The molecule has 0 saturated carbocycles. The molecule has 11 heteroatoms. The predicted molar refractivity (Wildman–Crippen MR) is 130 cm³/mol. The van der Waals surface area contributed by atoms with Crippen molar-refractivity contribution in [2.75, 3.05) is 36.6 Å². The molecule has 1 aliphatic heterocycles. The fourth-order valence-electron chi connectivity index (χ4n) is 4.04. The number of fused-ring (bicyclic) bond motifs is 1. The summed E-state index contributed by atoms with van der Waals surface area (Å²) >= 11 is 0. The Balaban J connectivity index is 1.73. The van der Waals surface area contributed by atoms with Gasteiger partial charge in [-0.1, -0.05) is 6.07 Å². The van der Waals surface area contributed by atoms with E-state index in [1.165, 1.54) is 29.0 Å². The fraction of sp³-hybridized carbons (Fsp3) is 0.375. The first kappa shape index (κ1) is 24.6. The number of benzene rings is 2. The molecule has 0 unspecified atom stereocenters. The number of methoxy groups -OCH3 is 1. The van der Waals surface area contributed by atoms with Crippen LogP contribution in [0.5, 0.6) is 0 Å². The maximum Gasteiger partial charge on any atom is 0.337 e. The molecule has 0 spiro atoms. The third kappa shape index (κ3) is 5.14. The van der Waals surface area contributed by atoms with E-state index in [0.717, 1.165) is 17.0 Å². The zero-order chi connectivity index (χ0) is 25.3. The second-order valence-electron chi connectivity index (χ2n) is 8.73. The standard InChI is InChI=1S/C24H27FN4O5S/c1-16(2)29-22-13-20(7-6-18(22)14-26-29)28(24(31)27-8-10-35(32,33)11-9-27)15-19-5-4-17(12-21(19)25)23(30)34-3/h4-7,12-14,16H,8-11,15H2,1-3H3. The number of esters is 1. The van der Waals surface area contributed by atoms with Gasteiger partial charge in [-0.05, 0) is 44.2 Å². The van der Waals surface area contributed by atoms with E-state index in [9.17, 15) is 22.4 Å². The van der Waals surface area contributed by atoms with Crippen LogP contribution in [0, 0.1) is 5.82 Å². The van der Waals surface area contributed by atoms with Gasteiger partial charge in [-0.2, -0.15) is 5.10 Å². The zero-order valence-corrected chi connectivity index (χ0v) is 20.6. The Labute approximate surface area is 203 Å². The number of ether oxygens (including phenoxy) is 1. The number of rotatable bonds is 5. The van der Waals surface area contributed by atoms with Crippen LogP contribution in [0.3, 0.4) is 0 Å². The number of urea groups is 1. The number of hydrogen-bond acceptors (Lipinski definition) is 6. The third-order valence-electron chi connectivity index (χ3n) is 6.03. The van der Waals surface area contributed by atoms with Crippen molar-refractivity contribution in [1.82, 2.24) is 14.7 Å². The summed E-state index contributed by atoms with van der Waals surface area (Å²) < 4.78 is 45.2. The number of hydrogen-bond donors (Lipinski definition) is 0. The van der Waals surface area contributed by atoms with Crippen LogP contribution in [0.4, 0.5) is 14.9 Å². The van der Waals surface area contributed by atoms with Gasteiger partial charge in [-0.3, -0.25) is 9.58 Å². The van der Waals surface area contributed by atoms with Crippen LogP contribution in [0.15, 0.2) is 42.6 Å². The highest BCUT2D eigenvalue weighted by Crippen LogP contribution is 2.27. The molecule has 9 nitrogen and oxygen atoms in total. The second kappa shape index (κ2) is 9.65. The van der Waals surface area contributed by atoms with E-state index >= 15 is 0 Å². The topological polar surface area (TPSA) is 102 Å². The van der Waals surface area contributed by atoms with Crippen molar-refractivity contribution in [2.45, 2.75) is 26.4 Å². The quantitative estimate of drug-likeness (QED) is 0.496. The van der Waals surface area contributed by atoms with Gasteiger partial charge < -0.3 is 9.64 Å². The Hall–Kier alpha value is -3.47. The highest BCUT2D eigenvalue weighted by atomic mass is 32.2. The summed E-state index contributed by atoms with van der Waals surface area (Å²) in [5.41, 5.74) is 1.61. The minimum absolute atomic E-state index is 0.0631. The Morgan fingerprint density at radius 3 is 2.49 bits per heavy atom. The number of anilines is 1. The molecule has 0 atom stereocenters. The monoisotopic (exact) mass is 502 g/mol. The number of carbonyl (C=O) groups is 2. The van der Waals surface area contributed by atoms with E-state index in [-0.39, 0.29) is 48.3 Å². The van der Waals surface area contributed by atoms with E-state index in [2.05, 4.69) is 9.84 Å². The van der Waals surface area contributed by atoms with Gasteiger partial charge in [-0.15, -0.1) is 0 Å². The van der Waals surface area contributed by atoms with Crippen molar-refractivity contribution in [1.29, 1.82) is 0 Å². The Morgan fingerprint density at radius 1 is 1.14 bits per heavy atom. The number of carbonyl (C=O) groups excluding carboxylic acids is 2. The largest absolute Gasteiger partial charge is 0.465 e. The number of amides is 2. The summed E-state index contributed by atoms with van der Waals surface area (Å²) in [6, 6.07) is 9.04. The molecule has 2 amide bonds. The van der Waals surface area contributed by atoms with Gasteiger partial charge in [0.05, 0.1) is 42.4 Å². The van der Waals surface area contributed by atoms with Crippen molar-refractivity contribution < 1.29 is 27.1 Å². The lowest BCUT2D eigenvalue weighted by Crippen LogP contribution is -2.49. The molecule has 0 bridgehead atoms. The molecule has 35 heavy (non-hydrogen) atoms. The van der Waals surface area contributed by atoms with Gasteiger partial charge in [0.15, 0.2) is 9.84 Å². The minimum Gasteiger partial charge on any atom is -0.465 e. The maximum atomic E-state index is 15.0. The van der Waals surface area contributed by atoms with Crippen molar-refractivity contribution in [2.24, 2.45) is 0 Å². The Kier molecular flexibility index (Phi) is 6.79. The van der Waals surface area contributed by atoms with E-state index in [0.29, 0.717) is 5.69 Å². The average molecular weight is 503 g/mol. The van der Waals surface area contributed by atoms with Crippen LogP contribution in [0.2, 0.25) is 0 Å². The summed E-state index contributed by atoms with van der Waals surface area (Å²) in [5.74, 6) is -1.55. The van der Waals surface area contributed by atoms with Crippen LogP contribution in [-0.2, 0) is 21.1 Å². The lowest BCUT2D eigenvalue weighted by molar-refractivity contribution is 0.0600. The lowest BCUT2D eigenvalue weighted by atomic mass is 10.1. The smallest absolute Gasteiger partial charge is 0.337 e. The summed E-state index contributed by atoms with van der Waals surface area (Å²) in [4.78, 5) is 28.2. The molecule has 0 N–H and O–H groups in total. The number of aromatic nitrogens is 2. The number of sulfone groups is 1. The zero-order valence-electron chi connectivity index (χ0n) is 19.8. The molecule has 1 aromatic heterocycles. The molecule has 1 fully saturated rings. The highest BCUT2D eigenvalue weighted by Gasteiger charge is 2.30. The van der Waals surface area contributed by atoms with Crippen LogP contribution >= 0.6 is 0 Å². The molecule has 1 saturated heterocycles. The van der Waals surface area contributed by atoms with Gasteiger partial charge in [0, 0.05) is 35.8 Å². The molecule has 0 radical (unpaired) electrons. The Morgan fingerprint density at radius 2 is 1.86 bits per heavy atom. The van der Waals surface area contributed by atoms with Gasteiger partial charge in [0.1, 0.15) is 5.82 Å². The third-order valence-corrected chi connectivity index (χ3v) is 7.64. The molecule has 186 valence electrons. The van der Waals surface area contributed by atoms with Crippen molar-refractivity contribution >= 4 is 38.4 Å². The van der Waals surface area contributed by atoms with Crippen LogP contribution in [-0.4, -0.2) is 66.8 Å².